The first kappa shape index (κ1) is 17.4. The lowest BCUT2D eigenvalue weighted by Gasteiger charge is -2.24. The fourth-order valence-corrected chi connectivity index (χ4v) is 2.26. The van der Waals surface area contributed by atoms with E-state index in [9.17, 15) is 18.4 Å². The van der Waals surface area contributed by atoms with Gasteiger partial charge >= 0.3 is 11.9 Å². The van der Waals surface area contributed by atoms with Crippen molar-refractivity contribution in [3.05, 3.63) is 65.0 Å². The molecule has 0 fully saturated rings. The highest BCUT2D eigenvalue weighted by atomic mass is 19.1. The van der Waals surface area contributed by atoms with Crippen molar-refractivity contribution in [2.24, 2.45) is 0 Å². The highest BCUT2D eigenvalue weighted by Crippen LogP contribution is 2.31. The maximum absolute atomic E-state index is 14.4. The van der Waals surface area contributed by atoms with Crippen molar-refractivity contribution in [2.45, 2.75) is 6.92 Å². The number of anilines is 1. The number of aryl methyl sites for hydroxylation is 1. The standard InChI is InChI=1S/C17H15F2NO4/c1-10-8-12(18)15(13(19)9-10)20-7-5-4-6-11(16(21)23-2)14(20)17(22)24-3/h4-9H,1-3H3. The Morgan fingerprint density at radius 2 is 1.58 bits per heavy atom. The molecule has 0 saturated carbocycles. The predicted octanol–water partition coefficient (Wildman–Crippen LogP) is 2.76. The largest absolute Gasteiger partial charge is 0.465 e. The van der Waals surface area contributed by atoms with E-state index < -0.39 is 29.3 Å². The summed E-state index contributed by atoms with van der Waals surface area (Å²) in [6.07, 6.45) is 5.44. The Morgan fingerprint density at radius 1 is 1.00 bits per heavy atom. The van der Waals surface area contributed by atoms with E-state index in [1.807, 2.05) is 0 Å². The first-order valence-corrected chi connectivity index (χ1v) is 6.91. The van der Waals surface area contributed by atoms with E-state index in [1.54, 1.807) is 0 Å². The first-order chi connectivity index (χ1) is 11.4. The van der Waals surface area contributed by atoms with Crippen LogP contribution in [0, 0.1) is 18.6 Å². The van der Waals surface area contributed by atoms with Gasteiger partial charge in [-0.15, -0.1) is 0 Å². The zero-order valence-electron chi connectivity index (χ0n) is 13.3. The van der Waals surface area contributed by atoms with Crippen molar-refractivity contribution in [3.63, 3.8) is 0 Å². The van der Waals surface area contributed by atoms with Crippen LogP contribution in [0.4, 0.5) is 14.5 Å². The number of halogens is 2. The van der Waals surface area contributed by atoms with Gasteiger partial charge in [-0.05, 0) is 36.8 Å². The number of carbonyl (C=O) groups is 2. The van der Waals surface area contributed by atoms with E-state index in [1.165, 1.54) is 31.4 Å². The molecule has 0 radical (unpaired) electrons. The minimum atomic E-state index is -0.939. The molecule has 0 unspecified atom stereocenters. The number of rotatable bonds is 3. The van der Waals surface area contributed by atoms with E-state index >= 15 is 0 Å². The van der Waals surface area contributed by atoms with Crippen LogP contribution in [-0.4, -0.2) is 26.2 Å². The molecular formula is C17H15F2NO4. The van der Waals surface area contributed by atoms with Gasteiger partial charge in [0.1, 0.15) is 23.0 Å². The number of benzene rings is 1. The van der Waals surface area contributed by atoms with E-state index in [0.29, 0.717) is 5.56 Å². The zero-order valence-corrected chi connectivity index (χ0v) is 13.3. The number of nitrogens with zero attached hydrogens (tertiary/aromatic N) is 1. The normalized spacial score (nSPS) is 13.8. The molecule has 2 rings (SSSR count). The summed E-state index contributed by atoms with van der Waals surface area (Å²) in [6.45, 7) is 1.53. The van der Waals surface area contributed by atoms with Crippen LogP contribution in [0.2, 0.25) is 0 Å². The molecule has 1 heterocycles. The summed E-state index contributed by atoms with van der Waals surface area (Å²) in [5.41, 5.74) is -0.658. The van der Waals surface area contributed by atoms with Crippen LogP contribution in [0.3, 0.4) is 0 Å². The minimum Gasteiger partial charge on any atom is -0.465 e. The van der Waals surface area contributed by atoms with Crippen molar-refractivity contribution in [1.82, 2.24) is 0 Å². The second kappa shape index (κ2) is 7.08. The molecule has 0 aliphatic carbocycles. The lowest BCUT2D eigenvalue weighted by Crippen LogP contribution is -2.28. The third-order valence-corrected chi connectivity index (χ3v) is 3.29. The van der Waals surface area contributed by atoms with E-state index in [-0.39, 0.29) is 11.3 Å². The Labute approximate surface area is 137 Å². The monoisotopic (exact) mass is 335 g/mol. The lowest BCUT2D eigenvalue weighted by atomic mass is 10.1. The summed E-state index contributed by atoms with van der Waals surface area (Å²) in [4.78, 5) is 25.1. The molecule has 0 atom stereocenters. The summed E-state index contributed by atoms with van der Waals surface area (Å²) in [6, 6.07) is 2.24. The average Bonchev–Trinajstić information content (AvgIpc) is 2.75. The van der Waals surface area contributed by atoms with Crippen molar-refractivity contribution in [1.29, 1.82) is 0 Å². The molecule has 24 heavy (non-hydrogen) atoms. The quantitative estimate of drug-likeness (QED) is 0.795. The van der Waals surface area contributed by atoms with Crippen molar-refractivity contribution in [2.75, 3.05) is 19.1 Å². The molecule has 0 N–H and O–H groups in total. The molecule has 7 heteroatoms. The highest BCUT2D eigenvalue weighted by molar-refractivity contribution is 6.05. The topological polar surface area (TPSA) is 55.8 Å². The minimum absolute atomic E-state index is 0.186. The fourth-order valence-electron chi connectivity index (χ4n) is 2.26. The number of allylic oxidation sites excluding steroid dienone is 2. The van der Waals surface area contributed by atoms with Crippen LogP contribution < -0.4 is 4.90 Å². The molecule has 0 saturated heterocycles. The summed E-state index contributed by atoms with van der Waals surface area (Å²) >= 11 is 0. The van der Waals surface area contributed by atoms with Crippen LogP contribution in [-0.2, 0) is 19.1 Å². The average molecular weight is 335 g/mol. The summed E-state index contributed by atoms with van der Waals surface area (Å²) in [5, 5.41) is 0. The molecule has 0 amide bonds. The molecule has 126 valence electrons. The fraction of sp³-hybridized carbons (Fsp3) is 0.176. The van der Waals surface area contributed by atoms with Crippen molar-refractivity contribution in [3.8, 4) is 0 Å². The Hall–Kier alpha value is -2.96. The molecule has 5 nitrogen and oxygen atoms in total. The predicted molar refractivity (Wildman–Crippen MR) is 82.9 cm³/mol. The van der Waals surface area contributed by atoms with Gasteiger partial charge in [0.2, 0.25) is 0 Å². The Balaban J connectivity index is 2.75. The summed E-state index contributed by atoms with van der Waals surface area (Å²) < 4.78 is 38.0. The van der Waals surface area contributed by atoms with Crippen LogP contribution in [0.15, 0.2) is 47.8 Å². The Bertz CT molecular complexity index is 758. The number of hydrogen-bond acceptors (Lipinski definition) is 5. The number of hydrogen-bond donors (Lipinski definition) is 0. The molecule has 0 aromatic heterocycles. The number of methoxy groups -OCH3 is 2. The number of esters is 2. The van der Waals surface area contributed by atoms with Crippen molar-refractivity contribution < 1.29 is 27.8 Å². The molecule has 1 aliphatic rings. The third-order valence-electron chi connectivity index (χ3n) is 3.29. The zero-order chi connectivity index (χ0) is 17.9. The van der Waals surface area contributed by atoms with Gasteiger partial charge in [-0.25, -0.2) is 18.4 Å². The number of ether oxygens (including phenoxy) is 2. The second-order valence-electron chi connectivity index (χ2n) is 4.89. The van der Waals surface area contributed by atoms with Crippen molar-refractivity contribution >= 4 is 17.6 Å². The number of carbonyl (C=O) groups excluding carboxylic acids is 2. The van der Waals surface area contributed by atoms with Gasteiger partial charge in [0, 0.05) is 6.20 Å². The molecule has 1 aromatic rings. The van der Waals surface area contributed by atoms with Gasteiger partial charge < -0.3 is 14.4 Å². The highest BCUT2D eigenvalue weighted by Gasteiger charge is 2.30. The van der Waals surface area contributed by atoms with Gasteiger partial charge in [-0.2, -0.15) is 0 Å². The van der Waals surface area contributed by atoms with Crippen LogP contribution in [0.25, 0.3) is 0 Å². The van der Waals surface area contributed by atoms with E-state index in [4.69, 9.17) is 0 Å². The molecular weight excluding hydrogens is 320 g/mol. The molecule has 1 aromatic carbocycles. The van der Waals surface area contributed by atoms with Gasteiger partial charge in [-0.1, -0.05) is 6.08 Å². The SMILES string of the molecule is COC(=O)C1=C(C(=O)OC)N(c2c(F)cc(C)cc2F)C=CC=C1. The van der Waals surface area contributed by atoms with Gasteiger partial charge in [-0.3, -0.25) is 0 Å². The van der Waals surface area contributed by atoms with Crippen LogP contribution >= 0.6 is 0 Å². The molecule has 0 spiro atoms. The maximum atomic E-state index is 14.4. The molecule has 1 aliphatic heterocycles. The first-order valence-electron chi connectivity index (χ1n) is 6.91. The lowest BCUT2D eigenvalue weighted by molar-refractivity contribution is -0.139. The van der Waals surface area contributed by atoms with E-state index in [2.05, 4.69) is 9.47 Å². The second-order valence-corrected chi connectivity index (χ2v) is 4.89. The maximum Gasteiger partial charge on any atom is 0.355 e. The summed E-state index contributed by atoms with van der Waals surface area (Å²) in [5.74, 6) is -3.55. The van der Waals surface area contributed by atoms with Crippen LogP contribution in [0.1, 0.15) is 5.56 Å². The van der Waals surface area contributed by atoms with Gasteiger partial charge in [0.25, 0.3) is 0 Å². The van der Waals surface area contributed by atoms with Gasteiger partial charge in [0.15, 0.2) is 0 Å². The van der Waals surface area contributed by atoms with Crippen LogP contribution in [0.5, 0.6) is 0 Å². The molecule has 0 bridgehead atoms. The van der Waals surface area contributed by atoms with E-state index in [0.717, 1.165) is 31.3 Å². The Kier molecular flexibility index (Phi) is 5.13. The van der Waals surface area contributed by atoms with Gasteiger partial charge in [0.05, 0.1) is 19.8 Å². The summed E-state index contributed by atoms with van der Waals surface area (Å²) in [7, 11) is 2.23. The Morgan fingerprint density at radius 3 is 2.12 bits per heavy atom. The third kappa shape index (κ3) is 3.19. The smallest absolute Gasteiger partial charge is 0.355 e.